The highest BCUT2D eigenvalue weighted by Crippen LogP contribution is 2.42. The Morgan fingerprint density at radius 2 is 1.86 bits per heavy atom. The van der Waals surface area contributed by atoms with Gasteiger partial charge in [0.05, 0.1) is 5.92 Å². The summed E-state index contributed by atoms with van der Waals surface area (Å²) in [6, 6.07) is 0. The second kappa shape index (κ2) is 6.05. The Morgan fingerprint density at radius 1 is 1.21 bits per heavy atom. The van der Waals surface area contributed by atoms with Crippen LogP contribution in [0.25, 0.3) is 0 Å². The Bertz CT molecular complexity index is 177. The predicted molar refractivity (Wildman–Crippen MR) is 57.2 cm³/mol. The molecule has 0 radical (unpaired) electrons. The van der Waals surface area contributed by atoms with Crippen molar-refractivity contribution in [3.05, 3.63) is 0 Å². The second-order valence-electron chi connectivity index (χ2n) is 4.50. The van der Waals surface area contributed by atoms with Crippen molar-refractivity contribution < 1.29 is 9.90 Å². The average molecular weight is 198 g/mol. The molecule has 1 aliphatic rings. The van der Waals surface area contributed by atoms with E-state index in [2.05, 4.69) is 6.92 Å². The third kappa shape index (κ3) is 4.12. The molecule has 0 amide bonds. The molecule has 0 aromatic carbocycles. The zero-order valence-corrected chi connectivity index (χ0v) is 9.17. The summed E-state index contributed by atoms with van der Waals surface area (Å²) in [6.45, 7) is 2.22. The molecule has 1 N–H and O–H groups in total. The van der Waals surface area contributed by atoms with Gasteiger partial charge in [-0.05, 0) is 18.8 Å². The molecule has 0 aromatic rings. The first-order valence-corrected chi connectivity index (χ1v) is 5.98. The van der Waals surface area contributed by atoms with Crippen LogP contribution in [-0.4, -0.2) is 11.1 Å². The first kappa shape index (κ1) is 11.5. The SMILES string of the molecule is CCCCCCCCC1C[C@@H]1C(=O)O. The van der Waals surface area contributed by atoms with E-state index in [-0.39, 0.29) is 5.92 Å². The summed E-state index contributed by atoms with van der Waals surface area (Å²) >= 11 is 0. The third-order valence-electron chi connectivity index (χ3n) is 3.17. The highest BCUT2D eigenvalue weighted by atomic mass is 16.4. The van der Waals surface area contributed by atoms with Crippen LogP contribution < -0.4 is 0 Å². The highest BCUT2D eigenvalue weighted by molar-refractivity contribution is 5.73. The molecule has 0 spiro atoms. The molecular formula is C12H22O2. The maximum atomic E-state index is 10.5. The van der Waals surface area contributed by atoms with Gasteiger partial charge in [0.2, 0.25) is 0 Å². The molecule has 14 heavy (non-hydrogen) atoms. The minimum absolute atomic E-state index is 0.00522. The van der Waals surface area contributed by atoms with Crippen molar-refractivity contribution in [2.24, 2.45) is 11.8 Å². The lowest BCUT2D eigenvalue weighted by atomic mass is 10.1. The fourth-order valence-corrected chi connectivity index (χ4v) is 2.06. The molecule has 1 aliphatic carbocycles. The number of hydrogen-bond acceptors (Lipinski definition) is 1. The van der Waals surface area contributed by atoms with E-state index in [4.69, 9.17) is 5.11 Å². The fraction of sp³-hybridized carbons (Fsp3) is 0.917. The van der Waals surface area contributed by atoms with E-state index in [0.29, 0.717) is 5.92 Å². The van der Waals surface area contributed by atoms with E-state index in [1.807, 2.05) is 0 Å². The third-order valence-corrected chi connectivity index (χ3v) is 3.17. The highest BCUT2D eigenvalue weighted by Gasteiger charge is 2.42. The number of rotatable bonds is 8. The first-order valence-electron chi connectivity index (χ1n) is 5.98. The quantitative estimate of drug-likeness (QED) is 0.606. The van der Waals surface area contributed by atoms with Gasteiger partial charge in [0, 0.05) is 0 Å². The Balaban J connectivity index is 1.84. The molecule has 1 fully saturated rings. The van der Waals surface area contributed by atoms with Gasteiger partial charge in [-0.25, -0.2) is 0 Å². The first-order chi connectivity index (χ1) is 6.75. The lowest BCUT2D eigenvalue weighted by Gasteiger charge is -1.99. The van der Waals surface area contributed by atoms with Crippen LogP contribution in [0.15, 0.2) is 0 Å². The van der Waals surface area contributed by atoms with Crippen LogP contribution in [0.5, 0.6) is 0 Å². The van der Waals surface area contributed by atoms with Crippen molar-refractivity contribution in [2.75, 3.05) is 0 Å². The monoisotopic (exact) mass is 198 g/mol. The molecule has 82 valence electrons. The van der Waals surface area contributed by atoms with E-state index in [9.17, 15) is 4.79 Å². The Morgan fingerprint density at radius 3 is 2.43 bits per heavy atom. The summed E-state index contributed by atoms with van der Waals surface area (Å²) in [5.41, 5.74) is 0. The number of carboxylic acid groups (broad SMARTS) is 1. The van der Waals surface area contributed by atoms with E-state index in [0.717, 1.165) is 12.8 Å². The van der Waals surface area contributed by atoms with Crippen LogP contribution in [-0.2, 0) is 4.79 Å². The normalized spacial score (nSPS) is 24.9. The molecular weight excluding hydrogens is 176 g/mol. The molecule has 0 bridgehead atoms. The number of aliphatic carboxylic acids is 1. The summed E-state index contributed by atoms with van der Waals surface area (Å²) < 4.78 is 0. The molecule has 2 atom stereocenters. The summed E-state index contributed by atoms with van der Waals surface area (Å²) in [6.07, 6.45) is 9.93. The standard InChI is InChI=1S/C12H22O2/c1-2-3-4-5-6-7-8-10-9-11(10)12(13)14/h10-11H,2-9H2,1H3,(H,13,14)/t10?,11-/m0/s1. The van der Waals surface area contributed by atoms with Gasteiger partial charge in [-0.15, -0.1) is 0 Å². The topological polar surface area (TPSA) is 37.3 Å². The number of carboxylic acids is 1. The van der Waals surface area contributed by atoms with Crippen molar-refractivity contribution in [1.82, 2.24) is 0 Å². The Labute approximate surface area is 86.7 Å². The summed E-state index contributed by atoms with van der Waals surface area (Å²) in [4.78, 5) is 10.5. The molecule has 1 saturated carbocycles. The summed E-state index contributed by atoms with van der Waals surface area (Å²) in [5, 5.41) is 8.70. The molecule has 1 unspecified atom stereocenters. The molecule has 0 aromatic heterocycles. The molecule has 0 heterocycles. The molecule has 2 nitrogen and oxygen atoms in total. The summed E-state index contributed by atoms with van der Waals surface area (Å²) in [5.74, 6) is -0.0645. The Hall–Kier alpha value is -0.530. The van der Waals surface area contributed by atoms with Crippen LogP contribution in [0.2, 0.25) is 0 Å². The molecule has 1 rings (SSSR count). The van der Waals surface area contributed by atoms with E-state index in [1.54, 1.807) is 0 Å². The van der Waals surface area contributed by atoms with Gasteiger partial charge in [-0.2, -0.15) is 0 Å². The predicted octanol–water partition coefficient (Wildman–Crippen LogP) is 3.46. The zero-order valence-electron chi connectivity index (χ0n) is 9.17. The number of unbranched alkanes of at least 4 members (excludes halogenated alkanes) is 5. The van der Waals surface area contributed by atoms with Gasteiger partial charge >= 0.3 is 5.97 Å². The number of carbonyl (C=O) groups is 1. The summed E-state index contributed by atoms with van der Waals surface area (Å²) in [7, 11) is 0. The Kier molecular flexibility index (Phi) is 4.99. The minimum atomic E-state index is -0.582. The van der Waals surface area contributed by atoms with Gasteiger partial charge in [0.15, 0.2) is 0 Å². The van der Waals surface area contributed by atoms with Crippen molar-refractivity contribution in [3.8, 4) is 0 Å². The van der Waals surface area contributed by atoms with Crippen molar-refractivity contribution in [3.63, 3.8) is 0 Å². The molecule has 2 heteroatoms. The lowest BCUT2D eigenvalue weighted by Crippen LogP contribution is -1.99. The van der Waals surface area contributed by atoms with Crippen LogP contribution in [0.1, 0.15) is 58.3 Å². The van der Waals surface area contributed by atoms with Crippen molar-refractivity contribution in [1.29, 1.82) is 0 Å². The zero-order chi connectivity index (χ0) is 10.4. The van der Waals surface area contributed by atoms with Crippen LogP contribution >= 0.6 is 0 Å². The van der Waals surface area contributed by atoms with Gasteiger partial charge in [0.25, 0.3) is 0 Å². The minimum Gasteiger partial charge on any atom is -0.481 e. The maximum Gasteiger partial charge on any atom is 0.306 e. The van der Waals surface area contributed by atoms with Crippen LogP contribution in [0.4, 0.5) is 0 Å². The van der Waals surface area contributed by atoms with Crippen molar-refractivity contribution in [2.45, 2.75) is 58.3 Å². The van der Waals surface area contributed by atoms with E-state index < -0.39 is 5.97 Å². The van der Waals surface area contributed by atoms with Gasteiger partial charge in [0.1, 0.15) is 0 Å². The lowest BCUT2D eigenvalue weighted by molar-refractivity contribution is -0.138. The second-order valence-corrected chi connectivity index (χ2v) is 4.50. The van der Waals surface area contributed by atoms with Gasteiger partial charge in [-0.3, -0.25) is 4.79 Å². The van der Waals surface area contributed by atoms with Crippen LogP contribution in [0.3, 0.4) is 0 Å². The van der Waals surface area contributed by atoms with Gasteiger partial charge < -0.3 is 5.11 Å². The van der Waals surface area contributed by atoms with Crippen LogP contribution in [0, 0.1) is 11.8 Å². The van der Waals surface area contributed by atoms with E-state index >= 15 is 0 Å². The number of hydrogen-bond donors (Lipinski definition) is 1. The van der Waals surface area contributed by atoms with E-state index in [1.165, 1.54) is 38.5 Å². The maximum absolute atomic E-state index is 10.5. The fourth-order valence-electron chi connectivity index (χ4n) is 2.06. The average Bonchev–Trinajstić information content (AvgIpc) is 2.90. The van der Waals surface area contributed by atoms with Crippen molar-refractivity contribution >= 4 is 5.97 Å². The molecule has 0 saturated heterocycles. The smallest absolute Gasteiger partial charge is 0.306 e. The molecule has 0 aliphatic heterocycles. The van der Waals surface area contributed by atoms with Gasteiger partial charge in [-0.1, -0.05) is 45.4 Å². The largest absolute Gasteiger partial charge is 0.481 e.